The molecule has 1 aliphatic carbocycles. The normalized spacial score (nSPS) is 26.3. The maximum absolute atomic E-state index is 12.2. The molecule has 118 valence electrons. The summed E-state index contributed by atoms with van der Waals surface area (Å²) in [6.07, 6.45) is 3.37. The van der Waals surface area contributed by atoms with Gasteiger partial charge in [-0.1, -0.05) is 0 Å². The van der Waals surface area contributed by atoms with Gasteiger partial charge in [0.1, 0.15) is 5.76 Å². The molecule has 0 radical (unpaired) electrons. The first-order chi connectivity index (χ1) is 10.0. The second kappa shape index (κ2) is 6.08. The lowest BCUT2D eigenvalue weighted by Gasteiger charge is -2.14. The van der Waals surface area contributed by atoms with E-state index in [1.807, 2.05) is 6.92 Å². The van der Waals surface area contributed by atoms with Gasteiger partial charge in [0.2, 0.25) is 5.09 Å². The second-order valence-corrected chi connectivity index (χ2v) is 7.55. The number of nitrogens with one attached hydrogen (secondary N) is 2. The van der Waals surface area contributed by atoms with Crippen LogP contribution in [0.2, 0.25) is 0 Å². The standard InChI is InChI=1S/C14H22N2O4S/c1-10-11(6-7-19-10)8-16-21(17,18)14-5-4-13(20-14)9-15-12-2-3-12/h4-5,10-12,15-16H,2-3,6-9H2,1H3. The zero-order valence-electron chi connectivity index (χ0n) is 12.2. The summed E-state index contributed by atoms with van der Waals surface area (Å²) in [4.78, 5) is 0. The minimum Gasteiger partial charge on any atom is -0.447 e. The van der Waals surface area contributed by atoms with E-state index in [4.69, 9.17) is 9.15 Å². The molecule has 21 heavy (non-hydrogen) atoms. The van der Waals surface area contributed by atoms with Crippen LogP contribution in [0.1, 0.15) is 31.9 Å². The first kappa shape index (κ1) is 15.0. The van der Waals surface area contributed by atoms with Gasteiger partial charge in [0.15, 0.2) is 0 Å². The Morgan fingerprint density at radius 2 is 2.10 bits per heavy atom. The Bertz CT molecular complexity index is 580. The van der Waals surface area contributed by atoms with Crippen LogP contribution < -0.4 is 10.0 Å². The molecule has 7 heteroatoms. The first-order valence-corrected chi connectivity index (χ1v) is 8.96. The lowest BCUT2D eigenvalue weighted by atomic mass is 10.0. The van der Waals surface area contributed by atoms with Crippen LogP contribution >= 0.6 is 0 Å². The van der Waals surface area contributed by atoms with Crippen molar-refractivity contribution in [1.29, 1.82) is 0 Å². The molecule has 0 amide bonds. The smallest absolute Gasteiger partial charge is 0.273 e. The topological polar surface area (TPSA) is 80.6 Å². The van der Waals surface area contributed by atoms with Crippen LogP contribution in [-0.4, -0.2) is 33.7 Å². The monoisotopic (exact) mass is 314 g/mol. The number of hydrogen-bond donors (Lipinski definition) is 2. The van der Waals surface area contributed by atoms with E-state index >= 15 is 0 Å². The fraction of sp³-hybridized carbons (Fsp3) is 0.714. The van der Waals surface area contributed by atoms with Crippen molar-refractivity contribution in [3.8, 4) is 0 Å². The van der Waals surface area contributed by atoms with Gasteiger partial charge in [0.05, 0.1) is 12.6 Å². The summed E-state index contributed by atoms with van der Waals surface area (Å²) in [6, 6.07) is 3.80. The fourth-order valence-corrected chi connectivity index (χ4v) is 3.50. The van der Waals surface area contributed by atoms with Crippen molar-refractivity contribution in [2.75, 3.05) is 13.2 Å². The van der Waals surface area contributed by atoms with Gasteiger partial charge in [0.25, 0.3) is 10.0 Å². The summed E-state index contributed by atoms with van der Waals surface area (Å²) in [5, 5.41) is 3.28. The quantitative estimate of drug-likeness (QED) is 0.791. The third-order valence-corrected chi connectivity index (χ3v) is 5.41. The van der Waals surface area contributed by atoms with Gasteiger partial charge in [-0.25, -0.2) is 13.1 Å². The molecule has 2 heterocycles. The Kier molecular flexibility index (Phi) is 4.35. The van der Waals surface area contributed by atoms with Gasteiger partial charge < -0.3 is 14.5 Å². The van der Waals surface area contributed by atoms with Gasteiger partial charge in [-0.2, -0.15) is 0 Å². The van der Waals surface area contributed by atoms with Crippen LogP contribution in [0.3, 0.4) is 0 Å². The highest BCUT2D eigenvalue weighted by Gasteiger charge is 2.27. The molecule has 1 saturated carbocycles. The number of furan rings is 1. The third kappa shape index (κ3) is 3.85. The fourth-order valence-electron chi connectivity index (χ4n) is 2.46. The molecule has 0 aromatic carbocycles. The van der Waals surface area contributed by atoms with Crippen molar-refractivity contribution in [3.05, 3.63) is 17.9 Å². The van der Waals surface area contributed by atoms with Crippen LogP contribution in [0.25, 0.3) is 0 Å². The highest BCUT2D eigenvalue weighted by Crippen LogP contribution is 2.22. The third-order valence-electron chi connectivity index (χ3n) is 4.11. The summed E-state index contributed by atoms with van der Waals surface area (Å²) in [6.45, 7) is 3.64. The molecular weight excluding hydrogens is 292 g/mol. The van der Waals surface area contributed by atoms with Crippen LogP contribution in [0, 0.1) is 5.92 Å². The molecule has 1 aromatic rings. The Morgan fingerprint density at radius 3 is 2.76 bits per heavy atom. The molecule has 2 aliphatic rings. The van der Waals surface area contributed by atoms with Crippen molar-refractivity contribution in [2.24, 2.45) is 5.92 Å². The molecule has 0 bridgehead atoms. The van der Waals surface area contributed by atoms with E-state index in [1.165, 1.54) is 18.9 Å². The predicted octanol–water partition coefficient (Wildman–Crippen LogP) is 1.23. The highest BCUT2D eigenvalue weighted by atomic mass is 32.2. The molecule has 2 fully saturated rings. The van der Waals surface area contributed by atoms with E-state index in [1.54, 1.807) is 6.07 Å². The van der Waals surface area contributed by atoms with E-state index in [0.29, 0.717) is 31.5 Å². The Hall–Kier alpha value is -0.890. The van der Waals surface area contributed by atoms with Gasteiger partial charge in [-0.3, -0.25) is 0 Å². The molecule has 1 aromatic heterocycles. The Balaban J connectivity index is 1.55. The second-order valence-electron chi connectivity index (χ2n) is 5.85. The lowest BCUT2D eigenvalue weighted by molar-refractivity contribution is 0.107. The van der Waals surface area contributed by atoms with Gasteiger partial charge in [-0.15, -0.1) is 0 Å². The van der Waals surface area contributed by atoms with Crippen LogP contribution in [0.15, 0.2) is 21.6 Å². The summed E-state index contributed by atoms with van der Waals surface area (Å²) >= 11 is 0. The minimum absolute atomic E-state index is 0.0123. The van der Waals surface area contributed by atoms with E-state index in [-0.39, 0.29) is 17.1 Å². The molecule has 2 N–H and O–H groups in total. The van der Waals surface area contributed by atoms with E-state index in [2.05, 4.69) is 10.0 Å². The maximum atomic E-state index is 12.2. The molecule has 0 spiro atoms. The van der Waals surface area contributed by atoms with Crippen molar-refractivity contribution in [3.63, 3.8) is 0 Å². The molecule has 3 rings (SSSR count). The summed E-state index contributed by atoms with van der Waals surface area (Å²) in [5.41, 5.74) is 0. The van der Waals surface area contributed by atoms with Crippen LogP contribution in [-0.2, 0) is 21.3 Å². The van der Waals surface area contributed by atoms with Gasteiger partial charge in [0, 0.05) is 25.1 Å². The molecule has 2 atom stereocenters. The van der Waals surface area contributed by atoms with Gasteiger partial charge >= 0.3 is 0 Å². The first-order valence-electron chi connectivity index (χ1n) is 7.48. The molecule has 1 saturated heterocycles. The highest BCUT2D eigenvalue weighted by molar-refractivity contribution is 7.89. The molecule has 2 unspecified atom stereocenters. The maximum Gasteiger partial charge on any atom is 0.273 e. The molecular formula is C14H22N2O4S. The average molecular weight is 314 g/mol. The van der Waals surface area contributed by atoms with Crippen molar-refractivity contribution in [2.45, 2.75) is 50.0 Å². The summed E-state index contributed by atoms with van der Waals surface area (Å²) < 4.78 is 37.9. The Morgan fingerprint density at radius 1 is 1.29 bits per heavy atom. The lowest BCUT2D eigenvalue weighted by Crippen LogP contribution is -2.31. The number of sulfonamides is 1. The SMILES string of the molecule is CC1OCCC1CNS(=O)(=O)c1ccc(CNC2CC2)o1. The van der Waals surface area contributed by atoms with Gasteiger partial charge in [-0.05, 0) is 38.3 Å². The summed E-state index contributed by atoms with van der Waals surface area (Å²) in [5.74, 6) is 0.880. The molecule has 6 nitrogen and oxygen atoms in total. The number of ether oxygens (including phenoxy) is 1. The number of rotatable bonds is 7. The largest absolute Gasteiger partial charge is 0.447 e. The van der Waals surface area contributed by atoms with Crippen molar-refractivity contribution in [1.82, 2.24) is 10.0 Å². The zero-order chi connectivity index (χ0) is 14.9. The zero-order valence-corrected chi connectivity index (χ0v) is 13.0. The Labute approximate surface area is 125 Å². The van der Waals surface area contributed by atoms with Crippen molar-refractivity contribution >= 4 is 10.0 Å². The van der Waals surface area contributed by atoms with E-state index in [9.17, 15) is 8.42 Å². The van der Waals surface area contributed by atoms with E-state index < -0.39 is 10.0 Å². The number of hydrogen-bond acceptors (Lipinski definition) is 5. The van der Waals surface area contributed by atoms with Crippen molar-refractivity contribution < 1.29 is 17.6 Å². The minimum atomic E-state index is -3.57. The van der Waals surface area contributed by atoms with Crippen LogP contribution in [0.4, 0.5) is 0 Å². The predicted molar refractivity (Wildman–Crippen MR) is 77.3 cm³/mol. The van der Waals surface area contributed by atoms with Crippen LogP contribution in [0.5, 0.6) is 0 Å². The summed E-state index contributed by atoms with van der Waals surface area (Å²) in [7, 11) is -3.57. The average Bonchev–Trinajstić information content (AvgIpc) is 2.98. The van der Waals surface area contributed by atoms with E-state index in [0.717, 1.165) is 6.42 Å². The molecule has 1 aliphatic heterocycles.